The summed E-state index contributed by atoms with van der Waals surface area (Å²) in [5.74, 6) is -0.535. The van der Waals surface area contributed by atoms with Crippen LogP contribution in [0.4, 0.5) is 0 Å². The second kappa shape index (κ2) is 3.57. The summed E-state index contributed by atoms with van der Waals surface area (Å²) in [6, 6.07) is 0. The van der Waals surface area contributed by atoms with Crippen LogP contribution in [0, 0.1) is 0 Å². The van der Waals surface area contributed by atoms with Crippen LogP contribution in [0.2, 0.25) is 0 Å². The van der Waals surface area contributed by atoms with Crippen molar-refractivity contribution in [2.75, 3.05) is 0 Å². The summed E-state index contributed by atoms with van der Waals surface area (Å²) in [6.45, 7) is 3.48. The van der Waals surface area contributed by atoms with Gasteiger partial charge in [-0.15, -0.1) is 0 Å². The number of cyclic esters (lactones) is 1. The lowest BCUT2D eigenvalue weighted by molar-refractivity contribution is -0.161. The molecule has 0 aliphatic carbocycles. The van der Waals surface area contributed by atoms with Crippen LogP contribution in [0.3, 0.4) is 0 Å². The molecule has 0 aromatic rings. The van der Waals surface area contributed by atoms with Crippen LogP contribution in [0.15, 0.2) is 12.2 Å². The van der Waals surface area contributed by atoms with E-state index < -0.39 is 36.7 Å². The normalized spacial score (nSPS) is 45.9. The van der Waals surface area contributed by atoms with Crippen LogP contribution >= 0.6 is 0 Å². The van der Waals surface area contributed by atoms with Crippen molar-refractivity contribution in [2.45, 2.75) is 37.1 Å². The summed E-state index contributed by atoms with van der Waals surface area (Å²) in [4.78, 5) is 11.0. The maximum absolute atomic E-state index is 11.0. The van der Waals surface area contributed by atoms with Gasteiger partial charge in [0.15, 0.2) is 6.29 Å². The topological polar surface area (TPSA) is 96.2 Å². The Labute approximate surface area is 85.7 Å². The van der Waals surface area contributed by atoms with Crippen molar-refractivity contribution in [3.8, 4) is 0 Å². The molecule has 0 amide bonds. The van der Waals surface area contributed by atoms with Crippen LogP contribution in [0.25, 0.3) is 0 Å². The number of carbonyl (C=O) groups excluding carboxylic acids is 1. The van der Waals surface area contributed by atoms with Gasteiger partial charge < -0.3 is 24.8 Å². The van der Waals surface area contributed by atoms with Gasteiger partial charge in [0, 0.05) is 12.0 Å². The van der Waals surface area contributed by atoms with Gasteiger partial charge in [0.2, 0.25) is 0 Å². The first-order chi connectivity index (χ1) is 7.00. The molecule has 2 aliphatic rings. The summed E-state index contributed by atoms with van der Waals surface area (Å²) in [5.41, 5.74) is 0.298. The quantitative estimate of drug-likeness (QED) is 0.357. The summed E-state index contributed by atoms with van der Waals surface area (Å²) in [6.07, 6.45) is -5.44. The van der Waals surface area contributed by atoms with Crippen molar-refractivity contribution in [3.05, 3.63) is 12.2 Å². The predicted molar refractivity (Wildman–Crippen MR) is 46.5 cm³/mol. The molecule has 2 heterocycles. The van der Waals surface area contributed by atoms with Gasteiger partial charge in [-0.05, 0) is 0 Å². The number of aliphatic hydroxyl groups is 3. The first-order valence-electron chi connectivity index (χ1n) is 4.59. The Hall–Kier alpha value is -0.950. The highest BCUT2D eigenvalue weighted by atomic mass is 16.7. The Bertz CT molecular complexity index is 285. The van der Waals surface area contributed by atoms with E-state index in [9.17, 15) is 15.0 Å². The van der Waals surface area contributed by atoms with Crippen molar-refractivity contribution in [3.63, 3.8) is 0 Å². The Morgan fingerprint density at radius 1 is 1.27 bits per heavy atom. The number of hydrogen-bond donors (Lipinski definition) is 3. The van der Waals surface area contributed by atoms with Crippen LogP contribution < -0.4 is 0 Å². The fourth-order valence-electron chi connectivity index (χ4n) is 1.76. The van der Waals surface area contributed by atoms with E-state index >= 15 is 0 Å². The molecule has 5 atom stereocenters. The second-order valence-corrected chi connectivity index (χ2v) is 3.72. The summed E-state index contributed by atoms with van der Waals surface area (Å²) in [5, 5.41) is 27.9. The van der Waals surface area contributed by atoms with Gasteiger partial charge in [0.05, 0.1) is 0 Å². The highest BCUT2D eigenvalue weighted by molar-refractivity contribution is 5.90. The first-order valence-corrected chi connectivity index (χ1v) is 4.59. The van der Waals surface area contributed by atoms with Crippen molar-refractivity contribution >= 4 is 5.97 Å². The van der Waals surface area contributed by atoms with E-state index in [1.165, 1.54) is 0 Å². The Balaban J connectivity index is 2.07. The van der Waals surface area contributed by atoms with E-state index in [1.807, 2.05) is 0 Å². The number of aliphatic hydroxyl groups excluding tert-OH is 3. The van der Waals surface area contributed by atoms with Gasteiger partial charge in [0.1, 0.15) is 24.4 Å². The predicted octanol–water partition coefficient (Wildman–Crippen LogP) is -1.70. The largest absolute Gasteiger partial charge is 0.456 e. The molecule has 3 N–H and O–H groups in total. The lowest BCUT2D eigenvalue weighted by atomic mass is 10.0. The smallest absolute Gasteiger partial charge is 0.333 e. The zero-order valence-electron chi connectivity index (χ0n) is 7.87. The van der Waals surface area contributed by atoms with Crippen molar-refractivity contribution in [1.82, 2.24) is 0 Å². The molecule has 0 radical (unpaired) electrons. The molecule has 15 heavy (non-hydrogen) atoms. The van der Waals surface area contributed by atoms with E-state index in [0.29, 0.717) is 5.57 Å². The molecule has 0 aromatic carbocycles. The molecule has 6 nitrogen and oxygen atoms in total. The number of hydrogen-bond acceptors (Lipinski definition) is 6. The Morgan fingerprint density at radius 2 is 1.93 bits per heavy atom. The number of ether oxygens (including phenoxy) is 2. The molecule has 2 saturated heterocycles. The first kappa shape index (κ1) is 10.6. The molecular formula is C9H12O6. The lowest BCUT2D eigenvalue weighted by Crippen LogP contribution is -2.38. The van der Waals surface area contributed by atoms with Crippen LogP contribution in [0.5, 0.6) is 0 Å². The number of esters is 1. The molecule has 0 saturated carbocycles. The molecule has 0 spiro atoms. The minimum atomic E-state index is -1.45. The van der Waals surface area contributed by atoms with E-state index in [1.54, 1.807) is 0 Å². The van der Waals surface area contributed by atoms with Gasteiger partial charge in [-0.25, -0.2) is 4.79 Å². The second-order valence-electron chi connectivity index (χ2n) is 3.72. The van der Waals surface area contributed by atoms with Gasteiger partial charge in [0.25, 0.3) is 0 Å². The maximum Gasteiger partial charge on any atom is 0.333 e. The molecule has 84 valence electrons. The third-order valence-electron chi connectivity index (χ3n) is 2.64. The third-order valence-corrected chi connectivity index (χ3v) is 2.64. The van der Waals surface area contributed by atoms with Crippen LogP contribution in [-0.2, 0) is 14.3 Å². The van der Waals surface area contributed by atoms with Gasteiger partial charge in [-0.1, -0.05) is 6.58 Å². The van der Waals surface area contributed by atoms with E-state index in [-0.39, 0.29) is 6.42 Å². The van der Waals surface area contributed by atoms with Gasteiger partial charge in [-0.3, -0.25) is 0 Å². The SMILES string of the molecule is C=C1C[C@H]([C@H]2OC(O)[C@H](O)[C@@H]2O)OC1=O. The average molecular weight is 216 g/mol. The van der Waals surface area contributed by atoms with Crippen molar-refractivity contribution in [2.24, 2.45) is 0 Å². The van der Waals surface area contributed by atoms with E-state index in [4.69, 9.17) is 14.6 Å². The molecule has 2 rings (SSSR count). The van der Waals surface area contributed by atoms with E-state index in [2.05, 4.69) is 6.58 Å². The fraction of sp³-hybridized carbons (Fsp3) is 0.667. The van der Waals surface area contributed by atoms with Gasteiger partial charge >= 0.3 is 5.97 Å². The maximum atomic E-state index is 11.0. The molecule has 0 bridgehead atoms. The fourth-order valence-corrected chi connectivity index (χ4v) is 1.76. The van der Waals surface area contributed by atoms with Crippen LogP contribution in [-0.4, -0.2) is 52.0 Å². The minimum Gasteiger partial charge on any atom is -0.456 e. The van der Waals surface area contributed by atoms with E-state index in [0.717, 1.165) is 0 Å². The molecule has 1 unspecified atom stereocenters. The molecular weight excluding hydrogens is 204 g/mol. The standard InChI is InChI=1S/C9H12O6/c1-3-2-4(14-8(3)12)7-5(10)6(11)9(13)15-7/h4-7,9-11,13H,1-2H2/t4-,5+,6-,7-,9?/m1/s1. The monoisotopic (exact) mass is 216 g/mol. The lowest BCUT2D eigenvalue weighted by Gasteiger charge is -2.19. The summed E-state index contributed by atoms with van der Waals surface area (Å²) >= 11 is 0. The zero-order valence-corrected chi connectivity index (χ0v) is 7.87. The Morgan fingerprint density at radius 3 is 2.33 bits per heavy atom. The van der Waals surface area contributed by atoms with Crippen LogP contribution in [0.1, 0.15) is 6.42 Å². The van der Waals surface area contributed by atoms with Gasteiger partial charge in [-0.2, -0.15) is 0 Å². The highest BCUT2D eigenvalue weighted by Crippen LogP contribution is 2.30. The zero-order chi connectivity index (χ0) is 11.2. The summed E-state index contributed by atoms with van der Waals surface area (Å²) < 4.78 is 9.78. The molecule has 6 heteroatoms. The highest BCUT2D eigenvalue weighted by Gasteiger charge is 2.49. The molecule has 0 aromatic heterocycles. The minimum absolute atomic E-state index is 0.236. The van der Waals surface area contributed by atoms with Crippen molar-refractivity contribution in [1.29, 1.82) is 0 Å². The molecule has 2 aliphatic heterocycles. The Kier molecular flexibility index (Phi) is 2.51. The third kappa shape index (κ3) is 1.65. The number of carbonyl (C=O) groups is 1. The summed E-state index contributed by atoms with van der Waals surface area (Å²) in [7, 11) is 0. The molecule has 2 fully saturated rings. The van der Waals surface area contributed by atoms with Crippen molar-refractivity contribution < 1.29 is 29.6 Å². The average Bonchev–Trinajstić information content (AvgIpc) is 2.63. The number of rotatable bonds is 1.